The largest absolute Gasteiger partial charge is 0.565 e. The zero-order valence-corrected chi connectivity index (χ0v) is 4.18. The molecule has 2 heterocycles. The maximum Gasteiger partial charge on any atom is 0.0802 e. The van der Waals surface area contributed by atoms with Crippen molar-refractivity contribution in [2.45, 2.75) is 18.6 Å². The van der Waals surface area contributed by atoms with Crippen molar-refractivity contribution in [1.82, 2.24) is 0 Å². The Hall–Kier alpha value is -0.0800. The Morgan fingerprint density at radius 1 is 1.86 bits per heavy atom. The van der Waals surface area contributed by atoms with Gasteiger partial charge in [0.2, 0.25) is 0 Å². The highest BCUT2D eigenvalue weighted by atomic mass is 16.7. The van der Waals surface area contributed by atoms with Gasteiger partial charge in [0.1, 0.15) is 0 Å². The first-order chi connectivity index (χ1) is 3.31. The van der Waals surface area contributed by atoms with Gasteiger partial charge in [0.25, 0.3) is 0 Å². The van der Waals surface area contributed by atoms with Gasteiger partial charge in [0, 0.05) is 0 Å². The lowest BCUT2D eigenvalue weighted by Crippen LogP contribution is -2.11. The summed E-state index contributed by atoms with van der Waals surface area (Å²) in [5, 5.41) is 0. The predicted molar refractivity (Wildman–Crippen MR) is 23.5 cm³/mol. The molecule has 2 aliphatic heterocycles. The normalized spacial score (nSPS) is 57.0. The van der Waals surface area contributed by atoms with E-state index < -0.39 is 0 Å². The second kappa shape index (κ2) is 0.858. The molecule has 0 radical (unpaired) electrons. The van der Waals surface area contributed by atoms with Crippen molar-refractivity contribution >= 4 is 0 Å². The number of ether oxygens (including phenoxy) is 2. The first kappa shape index (κ1) is 3.87. The Kier molecular flexibility index (Phi) is 0.474. The summed E-state index contributed by atoms with van der Waals surface area (Å²) in [4.78, 5) is 0. The maximum atomic E-state index is 4.98. The molecule has 0 aromatic carbocycles. The van der Waals surface area contributed by atoms with E-state index in [2.05, 4.69) is 0 Å². The van der Waals surface area contributed by atoms with E-state index in [1.165, 1.54) is 0 Å². The molecule has 2 atom stereocenters. The van der Waals surface area contributed by atoms with Crippen LogP contribution in [0.5, 0.6) is 0 Å². The summed E-state index contributed by atoms with van der Waals surface area (Å²) in [7, 11) is 0. The molecule has 7 heavy (non-hydrogen) atoms. The highest BCUT2D eigenvalue weighted by Gasteiger charge is 2.43. The minimum absolute atomic E-state index is 0.0139. The van der Waals surface area contributed by atoms with Crippen molar-refractivity contribution < 1.29 is 9.47 Å². The number of hydrogen-bond donors (Lipinski definition) is 0. The highest BCUT2D eigenvalue weighted by molar-refractivity contribution is 5.09. The van der Waals surface area contributed by atoms with Crippen molar-refractivity contribution in [3.63, 3.8) is 0 Å². The van der Waals surface area contributed by atoms with E-state index in [1.807, 2.05) is 13.5 Å². The molecule has 2 unspecified atom stereocenters. The average Bonchev–Trinajstić information content (AvgIpc) is 2.14. The molecule has 2 rings (SSSR count). The number of rotatable bonds is 1. The molecule has 40 valence electrons. The van der Waals surface area contributed by atoms with Gasteiger partial charge >= 0.3 is 0 Å². The number of hydrogen-bond acceptors (Lipinski definition) is 2. The predicted octanol–water partition coefficient (Wildman–Crippen LogP) is 0.336. The average molecular weight is 99.1 g/mol. The Morgan fingerprint density at radius 2 is 2.43 bits per heavy atom. The van der Waals surface area contributed by atoms with Crippen LogP contribution in [-0.2, 0) is 9.47 Å². The van der Waals surface area contributed by atoms with Crippen LogP contribution in [0.1, 0.15) is 6.92 Å². The lowest BCUT2D eigenvalue weighted by Gasteiger charge is -2.03. The van der Waals surface area contributed by atoms with Crippen LogP contribution in [0.25, 0.3) is 0 Å². The molecule has 2 fully saturated rings. The van der Waals surface area contributed by atoms with Gasteiger partial charge in [0.05, 0.1) is 12.7 Å². The molecule has 0 spiro atoms. The van der Waals surface area contributed by atoms with Crippen LogP contribution in [0.2, 0.25) is 0 Å². The van der Waals surface area contributed by atoms with Crippen molar-refractivity contribution in [2.24, 2.45) is 0 Å². The zero-order chi connectivity index (χ0) is 4.91. The lowest BCUT2D eigenvalue weighted by molar-refractivity contribution is 0.255. The molecule has 2 aliphatic rings. The Morgan fingerprint density at radius 3 is 2.57 bits per heavy atom. The van der Waals surface area contributed by atoms with Crippen LogP contribution in [0.4, 0.5) is 0 Å². The van der Waals surface area contributed by atoms with E-state index in [4.69, 9.17) is 9.47 Å². The summed E-state index contributed by atoms with van der Waals surface area (Å²) in [6.07, 6.45) is 0.382. The van der Waals surface area contributed by atoms with Crippen molar-refractivity contribution in [3.8, 4) is 0 Å². The van der Waals surface area contributed by atoms with Crippen molar-refractivity contribution in [1.29, 1.82) is 0 Å². The molecule has 0 aliphatic carbocycles. The summed E-state index contributed by atoms with van der Waals surface area (Å²) in [6, 6.07) is 0. The van der Waals surface area contributed by atoms with Crippen LogP contribution < -0.4 is 0 Å². The smallest absolute Gasteiger partial charge is 0.0802 e. The Balaban J connectivity index is 2.04. The van der Waals surface area contributed by atoms with Crippen LogP contribution in [0.3, 0.4) is 0 Å². The van der Waals surface area contributed by atoms with E-state index >= 15 is 0 Å². The summed E-state index contributed by atoms with van der Waals surface area (Å²) in [5.41, 5.74) is 0.0139. The molecule has 0 amide bonds. The van der Waals surface area contributed by atoms with Gasteiger partial charge < -0.3 is 9.47 Å². The van der Waals surface area contributed by atoms with Gasteiger partial charge in [-0.25, -0.2) is 0 Å². The molecular weight excluding hydrogens is 92.1 g/mol. The van der Waals surface area contributed by atoms with E-state index in [1.54, 1.807) is 0 Å². The Bertz CT molecular complexity index is 92.3. The minimum atomic E-state index is 0.0139. The first-order valence-corrected chi connectivity index (χ1v) is 2.45. The minimum Gasteiger partial charge on any atom is -0.565 e. The third-order valence-electron chi connectivity index (χ3n) is 1.46. The van der Waals surface area contributed by atoms with Crippen LogP contribution >= 0.6 is 0 Å². The molecule has 2 heteroatoms. The monoisotopic (exact) mass is 99.0 g/mol. The summed E-state index contributed by atoms with van der Waals surface area (Å²) in [6.45, 7) is 4.74. The van der Waals surface area contributed by atoms with Gasteiger partial charge in [-0.1, -0.05) is 6.92 Å². The Labute approximate surface area is 42.4 Å². The van der Waals surface area contributed by atoms with Crippen LogP contribution in [0.15, 0.2) is 0 Å². The number of epoxide rings is 2. The topological polar surface area (TPSA) is 25.1 Å². The van der Waals surface area contributed by atoms with Crippen LogP contribution in [0, 0.1) is 6.61 Å². The van der Waals surface area contributed by atoms with Crippen molar-refractivity contribution in [3.05, 3.63) is 6.61 Å². The fraction of sp³-hybridized carbons (Fsp3) is 0.800. The standard InChI is InChI=1S/C5H7O2/c1-5(3-7-5)4-2-6-4/h3-4H,2H2,1H3/q-1. The van der Waals surface area contributed by atoms with E-state index in [-0.39, 0.29) is 5.60 Å². The second-order valence-corrected chi connectivity index (χ2v) is 2.24. The maximum absolute atomic E-state index is 4.98. The zero-order valence-electron chi connectivity index (χ0n) is 4.18. The van der Waals surface area contributed by atoms with Gasteiger partial charge in [-0.3, -0.25) is 0 Å². The molecule has 0 aromatic rings. The summed E-state index contributed by atoms with van der Waals surface area (Å²) >= 11 is 0. The van der Waals surface area contributed by atoms with Gasteiger partial charge in [-0.05, 0) is 5.60 Å². The fourth-order valence-corrected chi connectivity index (χ4v) is 0.624. The fourth-order valence-electron chi connectivity index (χ4n) is 0.624. The molecule has 0 N–H and O–H groups in total. The molecule has 0 aromatic heterocycles. The lowest BCUT2D eigenvalue weighted by atomic mass is 10.1. The molecule has 2 saturated heterocycles. The quantitative estimate of drug-likeness (QED) is 0.349. The van der Waals surface area contributed by atoms with E-state index in [0.29, 0.717) is 6.10 Å². The first-order valence-electron chi connectivity index (χ1n) is 2.45. The van der Waals surface area contributed by atoms with E-state index in [9.17, 15) is 0 Å². The molecular formula is C5H7O2-. The summed E-state index contributed by atoms with van der Waals surface area (Å²) < 4.78 is 9.95. The van der Waals surface area contributed by atoms with Crippen molar-refractivity contribution in [2.75, 3.05) is 6.61 Å². The second-order valence-electron chi connectivity index (χ2n) is 2.24. The van der Waals surface area contributed by atoms with Gasteiger partial charge in [-0.2, -0.15) is 6.61 Å². The van der Waals surface area contributed by atoms with Gasteiger partial charge in [-0.15, -0.1) is 0 Å². The molecule has 2 nitrogen and oxygen atoms in total. The van der Waals surface area contributed by atoms with E-state index in [0.717, 1.165) is 6.61 Å². The molecule has 0 bridgehead atoms. The van der Waals surface area contributed by atoms with Crippen LogP contribution in [-0.4, -0.2) is 18.3 Å². The SMILES string of the molecule is CC1(C2CO2)[CH-]O1. The summed E-state index contributed by atoms with van der Waals surface area (Å²) in [5.74, 6) is 0. The van der Waals surface area contributed by atoms with Gasteiger partial charge in [0.15, 0.2) is 0 Å². The third-order valence-corrected chi connectivity index (χ3v) is 1.46. The molecule has 0 saturated carbocycles. The highest BCUT2D eigenvalue weighted by Crippen LogP contribution is 2.42. The third kappa shape index (κ3) is 0.469.